The molecule has 0 aliphatic carbocycles. The second-order valence-corrected chi connectivity index (χ2v) is 12.1. The molecular weight excluding hydrogens is 613 g/mol. The molecular formula is C45H28N4O. The summed E-state index contributed by atoms with van der Waals surface area (Å²) in [7, 11) is 0. The maximum Gasteiger partial charge on any atom is 0.164 e. The van der Waals surface area contributed by atoms with Crippen LogP contribution in [0.15, 0.2) is 174 Å². The van der Waals surface area contributed by atoms with Crippen molar-refractivity contribution in [2.24, 2.45) is 0 Å². The maximum atomic E-state index is 8.99. The lowest BCUT2D eigenvalue weighted by atomic mass is 9.98. The largest absolute Gasteiger partial charge is 0.455 e. The molecule has 0 bridgehead atoms. The van der Waals surface area contributed by atoms with Crippen LogP contribution in [0.1, 0.15) is 5.48 Å². The summed E-state index contributed by atoms with van der Waals surface area (Å²) in [5.41, 5.74) is 7.29. The fraction of sp³-hybridized carbons (Fsp3) is 0. The zero-order valence-corrected chi connectivity index (χ0v) is 26.6. The zero-order chi connectivity index (χ0) is 36.5. The van der Waals surface area contributed by atoms with Gasteiger partial charge in [0.1, 0.15) is 11.2 Å². The summed E-state index contributed by atoms with van der Waals surface area (Å²) in [6.45, 7) is 0. The second kappa shape index (κ2) is 11.4. The summed E-state index contributed by atoms with van der Waals surface area (Å²) in [6, 6.07) is 47.2. The molecule has 0 saturated heterocycles. The highest BCUT2D eigenvalue weighted by Crippen LogP contribution is 2.42. The molecule has 0 radical (unpaired) electrons. The number of para-hydroxylation sites is 4. The molecule has 0 unspecified atom stereocenters. The molecule has 50 heavy (non-hydrogen) atoms. The highest BCUT2D eigenvalue weighted by atomic mass is 16.3. The van der Waals surface area contributed by atoms with Gasteiger partial charge < -0.3 is 8.98 Å². The number of benzene rings is 7. The maximum absolute atomic E-state index is 8.99. The fourth-order valence-corrected chi connectivity index (χ4v) is 6.90. The summed E-state index contributed by atoms with van der Waals surface area (Å²) < 4.78 is 43.5. The van der Waals surface area contributed by atoms with Gasteiger partial charge in [0.15, 0.2) is 17.5 Å². The van der Waals surface area contributed by atoms with E-state index >= 15 is 0 Å². The Morgan fingerprint density at radius 1 is 0.460 bits per heavy atom. The van der Waals surface area contributed by atoms with Crippen molar-refractivity contribution in [2.45, 2.75) is 0 Å². The average Bonchev–Trinajstić information content (AvgIpc) is 3.77. The number of fused-ring (bicyclic) bond motifs is 6. The van der Waals surface area contributed by atoms with Crippen LogP contribution in [-0.4, -0.2) is 19.5 Å². The molecule has 0 aliphatic rings. The first-order chi connectivity index (χ1) is 26.4. The Morgan fingerprint density at radius 2 is 1.06 bits per heavy atom. The molecule has 0 fully saturated rings. The number of aromatic nitrogens is 4. The van der Waals surface area contributed by atoms with Gasteiger partial charge in [0.2, 0.25) is 0 Å². The number of hydrogen-bond donors (Lipinski definition) is 0. The van der Waals surface area contributed by atoms with E-state index in [0.717, 1.165) is 49.7 Å². The van der Waals surface area contributed by atoms with Crippen LogP contribution in [-0.2, 0) is 0 Å². The van der Waals surface area contributed by atoms with Gasteiger partial charge in [-0.05, 0) is 36.4 Å². The standard InChI is InChI=1S/C45H28N4O/c1-3-14-29(15-4-1)43-46-44(30-16-5-2-6-17-30)48-45(47-43)31-26-27-40(49-38-23-10-7-18-32(38)33-19-8-11-24-39(33)49)37(28-31)36-22-13-21-35-34-20-9-12-25-41(34)50-42(35)36/h1-28H/i9D,13D,20D,25D. The van der Waals surface area contributed by atoms with Crippen LogP contribution in [0.3, 0.4) is 0 Å². The van der Waals surface area contributed by atoms with Crippen LogP contribution in [0, 0.1) is 0 Å². The third-order valence-electron chi connectivity index (χ3n) is 9.18. The molecule has 0 atom stereocenters. The van der Waals surface area contributed by atoms with Crippen LogP contribution in [0.2, 0.25) is 0 Å². The molecule has 10 aromatic rings. The Balaban J connectivity index is 1.31. The Morgan fingerprint density at radius 3 is 1.72 bits per heavy atom. The third-order valence-corrected chi connectivity index (χ3v) is 9.18. The normalized spacial score (nSPS) is 12.7. The van der Waals surface area contributed by atoms with E-state index in [2.05, 4.69) is 34.9 Å². The van der Waals surface area contributed by atoms with E-state index in [0.29, 0.717) is 39.4 Å². The monoisotopic (exact) mass is 644 g/mol. The van der Waals surface area contributed by atoms with Crippen molar-refractivity contribution in [1.82, 2.24) is 19.5 Å². The van der Waals surface area contributed by atoms with Crippen LogP contribution in [0.5, 0.6) is 0 Å². The van der Waals surface area contributed by atoms with Crippen LogP contribution in [0.25, 0.3) is 94.7 Å². The van der Waals surface area contributed by atoms with Crippen molar-refractivity contribution in [1.29, 1.82) is 0 Å². The van der Waals surface area contributed by atoms with Gasteiger partial charge in [-0.1, -0.05) is 133 Å². The van der Waals surface area contributed by atoms with Crippen molar-refractivity contribution < 1.29 is 9.90 Å². The molecule has 0 amide bonds. The first kappa shape index (κ1) is 24.3. The lowest BCUT2D eigenvalue weighted by Gasteiger charge is -2.16. The molecule has 10 rings (SSSR count). The minimum Gasteiger partial charge on any atom is -0.455 e. The second-order valence-electron chi connectivity index (χ2n) is 12.1. The molecule has 0 N–H and O–H groups in total. The van der Waals surface area contributed by atoms with E-state index in [1.165, 1.54) is 6.07 Å². The molecule has 7 aromatic carbocycles. The first-order valence-corrected chi connectivity index (χ1v) is 16.4. The lowest BCUT2D eigenvalue weighted by Crippen LogP contribution is -2.02. The van der Waals surface area contributed by atoms with E-state index in [9.17, 15) is 0 Å². The van der Waals surface area contributed by atoms with E-state index in [4.69, 9.17) is 24.9 Å². The molecule has 5 heteroatoms. The summed E-state index contributed by atoms with van der Waals surface area (Å²) in [5, 5.41) is 3.07. The minimum atomic E-state index is -0.0709. The number of furan rings is 1. The molecule has 3 aromatic heterocycles. The van der Waals surface area contributed by atoms with Crippen LogP contribution in [0.4, 0.5) is 0 Å². The predicted octanol–water partition coefficient (Wildman–Crippen LogP) is 11.5. The highest BCUT2D eigenvalue weighted by molar-refractivity contribution is 6.12. The molecule has 5 nitrogen and oxygen atoms in total. The van der Waals surface area contributed by atoms with Gasteiger partial charge >= 0.3 is 0 Å². The topological polar surface area (TPSA) is 56.7 Å². The smallest absolute Gasteiger partial charge is 0.164 e. The summed E-state index contributed by atoms with van der Waals surface area (Å²) in [5.74, 6) is 1.55. The van der Waals surface area contributed by atoms with Crippen molar-refractivity contribution in [3.8, 4) is 51.0 Å². The molecule has 0 aliphatic heterocycles. The van der Waals surface area contributed by atoms with Crippen molar-refractivity contribution >= 4 is 43.7 Å². The summed E-state index contributed by atoms with van der Waals surface area (Å²) >= 11 is 0. The number of hydrogen-bond acceptors (Lipinski definition) is 4. The van der Waals surface area contributed by atoms with Gasteiger partial charge in [-0.15, -0.1) is 0 Å². The average molecular weight is 645 g/mol. The summed E-state index contributed by atoms with van der Waals surface area (Å²) in [4.78, 5) is 14.9. The van der Waals surface area contributed by atoms with Crippen LogP contribution < -0.4 is 0 Å². The Bertz CT molecular complexity index is 2990. The number of nitrogens with zero attached hydrogens (tertiary/aromatic N) is 4. The molecule has 0 spiro atoms. The molecule has 234 valence electrons. The van der Waals surface area contributed by atoms with E-state index < -0.39 is 0 Å². The Labute approximate surface area is 293 Å². The van der Waals surface area contributed by atoms with Gasteiger partial charge in [-0.2, -0.15) is 0 Å². The minimum absolute atomic E-state index is 0.0168. The number of rotatable bonds is 5. The Kier molecular flexibility index (Phi) is 5.54. The first-order valence-electron chi connectivity index (χ1n) is 18.4. The van der Waals surface area contributed by atoms with E-state index in [1.807, 2.05) is 97.1 Å². The van der Waals surface area contributed by atoms with E-state index in [-0.39, 0.29) is 29.8 Å². The van der Waals surface area contributed by atoms with Gasteiger partial charge in [0.05, 0.1) is 22.2 Å². The SMILES string of the molecule is [2H]c1cc(-c2cc(-c3nc(-c4ccccc4)nc(-c4ccccc4)n3)ccc2-n2c3ccccc3c3ccccc32)c2oc3c([2H])cc([2H])c([2H])c3c2c1. The Hall–Kier alpha value is -6.85. The van der Waals surface area contributed by atoms with Gasteiger partial charge in [-0.25, -0.2) is 15.0 Å². The third kappa shape index (κ3) is 4.52. The lowest BCUT2D eigenvalue weighted by molar-refractivity contribution is 0.670. The zero-order valence-electron chi connectivity index (χ0n) is 30.6. The van der Waals surface area contributed by atoms with Crippen LogP contribution >= 0.6 is 0 Å². The van der Waals surface area contributed by atoms with Gasteiger partial charge in [0.25, 0.3) is 0 Å². The fourth-order valence-electron chi connectivity index (χ4n) is 6.90. The molecule has 3 heterocycles. The van der Waals surface area contributed by atoms with E-state index in [1.54, 1.807) is 12.1 Å². The van der Waals surface area contributed by atoms with Crippen molar-refractivity contribution in [3.05, 3.63) is 170 Å². The van der Waals surface area contributed by atoms with Gasteiger partial charge in [-0.3, -0.25) is 0 Å². The highest BCUT2D eigenvalue weighted by Gasteiger charge is 2.21. The van der Waals surface area contributed by atoms with Crippen molar-refractivity contribution in [3.63, 3.8) is 0 Å². The van der Waals surface area contributed by atoms with Gasteiger partial charge in [0, 0.05) is 49.4 Å². The molecule has 0 saturated carbocycles. The quantitative estimate of drug-likeness (QED) is 0.187. The predicted molar refractivity (Wildman–Crippen MR) is 203 cm³/mol. The van der Waals surface area contributed by atoms with Crippen molar-refractivity contribution in [2.75, 3.05) is 0 Å². The summed E-state index contributed by atoms with van der Waals surface area (Å²) in [6.07, 6.45) is 0.